The summed E-state index contributed by atoms with van der Waals surface area (Å²) in [5, 5.41) is 0. The van der Waals surface area contributed by atoms with Crippen LogP contribution in [-0.2, 0) is 14.8 Å². The zero-order valence-corrected chi connectivity index (χ0v) is 21.6. The number of hydrogen-bond donors (Lipinski definition) is 0. The van der Waals surface area contributed by atoms with Gasteiger partial charge in [-0.1, -0.05) is 0 Å². The number of hydrogen-bond acceptors (Lipinski definition) is 6. The Hall–Kier alpha value is -2.78. The molecule has 2 aliphatic heterocycles. The monoisotopic (exact) mass is 501 g/mol. The quantitative estimate of drug-likeness (QED) is 0.580. The summed E-state index contributed by atoms with van der Waals surface area (Å²) in [6.45, 7) is 7.91. The number of carbonyl (C=O) groups excluding carboxylic acids is 1. The summed E-state index contributed by atoms with van der Waals surface area (Å²) >= 11 is 0. The van der Waals surface area contributed by atoms with E-state index in [1.165, 1.54) is 4.31 Å². The van der Waals surface area contributed by atoms with E-state index in [9.17, 15) is 13.2 Å². The summed E-state index contributed by atoms with van der Waals surface area (Å²) in [4.78, 5) is 17.6. The molecule has 0 N–H and O–H groups in total. The molecule has 2 aromatic carbocycles. The highest BCUT2D eigenvalue weighted by molar-refractivity contribution is 7.89. The van der Waals surface area contributed by atoms with Gasteiger partial charge in [-0.15, -0.1) is 0 Å². The Morgan fingerprint density at radius 3 is 2.20 bits per heavy atom. The van der Waals surface area contributed by atoms with Gasteiger partial charge in [-0.05, 0) is 74.7 Å². The molecule has 190 valence electrons. The van der Waals surface area contributed by atoms with E-state index in [1.807, 2.05) is 43.0 Å². The average molecular weight is 502 g/mol. The van der Waals surface area contributed by atoms with Crippen LogP contribution in [0, 0.1) is 12.8 Å². The van der Waals surface area contributed by atoms with Crippen LogP contribution in [0.1, 0.15) is 25.3 Å². The molecule has 9 heteroatoms. The van der Waals surface area contributed by atoms with E-state index in [2.05, 4.69) is 4.90 Å². The molecule has 0 atom stereocenters. The fourth-order valence-corrected chi connectivity index (χ4v) is 6.38. The first-order chi connectivity index (χ1) is 16.8. The minimum absolute atomic E-state index is 0.129. The summed E-state index contributed by atoms with van der Waals surface area (Å²) in [7, 11) is -1.94. The Morgan fingerprint density at radius 2 is 1.63 bits per heavy atom. The van der Waals surface area contributed by atoms with E-state index in [0.29, 0.717) is 51.4 Å². The number of sulfonamides is 1. The standard InChI is InChI=1S/C26H35N3O5S/c1-4-34-25-10-9-24(19-20(25)2)35(31,32)29-13-11-21(12-14-29)26(30)28-17-15-27(16-18-28)22-5-7-23(33-3)8-6-22/h5-10,19,21H,4,11-18H2,1-3H3. The first kappa shape index (κ1) is 25.3. The molecule has 2 saturated heterocycles. The molecular weight excluding hydrogens is 466 g/mol. The molecule has 35 heavy (non-hydrogen) atoms. The first-order valence-corrected chi connectivity index (χ1v) is 13.7. The van der Waals surface area contributed by atoms with Gasteiger partial charge in [0.25, 0.3) is 0 Å². The minimum atomic E-state index is -3.60. The Balaban J connectivity index is 1.30. The number of anilines is 1. The van der Waals surface area contributed by atoms with Crippen LogP contribution >= 0.6 is 0 Å². The molecule has 8 nitrogen and oxygen atoms in total. The van der Waals surface area contributed by atoms with Gasteiger partial charge in [-0.25, -0.2) is 8.42 Å². The second kappa shape index (κ2) is 10.9. The van der Waals surface area contributed by atoms with Gasteiger partial charge in [-0.2, -0.15) is 4.31 Å². The predicted octanol–water partition coefficient (Wildman–Crippen LogP) is 3.15. The van der Waals surface area contributed by atoms with E-state index in [4.69, 9.17) is 9.47 Å². The van der Waals surface area contributed by atoms with Crippen LogP contribution in [0.2, 0.25) is 0 Å². The van der Waals surface area contributed by atoms with Gasteiger partial charge in [0.2, 0.25) is 15.9 Å². The summed E-state index contributed by atoms with van der Waals surface area (Å²) in [5.41, 5.74) is 1.92. The maximum atomic E-state index is 13.2. The Morgan fingerprint density at radius 1 is 0.971 bits per heavy atom. The predicted molar refractivity (Wildman–Crippen MR) is 136 cm³/mol. The summed E-state index contributed by atoms with van der Waals surface area (Å²) in [6.07, 6.45) is 1.10. The maximum Gasteiger partial charge on any atom is 0.243 e. The zero-order valence-electron chi connectivity index (χ0n) is 20.8. The lowest BCUT2D eigenvalue weighted by molar-refractivity contribution is -0.137. The highest BCUT2D eigenvalue weighted by Gasteiger charge is 2.34. The van der Waals surface area contributed by atoms with Gasteiger partial charge >= 0.3 is 0 Å². The zero-order chi connectivity index (χ0) is 25.0. The van der Waals surface area contributed by atoms with Crippen molar-refractivity contribution in [1.82, 2.24) is 9.21 Å². The molecule has 2 heterocycles. The molecule has 2 aromatic rings. The molecule has 4 rings (SSSR count). The molecule has 2 fully saturated rings. The van der Waals surface area contributed by atoms with Crippen LogP contribution in [0.25, 0.3) is 0 Å². The highest BCUT2D eigenvalue weighted by Crippen LogP contribution is 2.29. The number of ether oxygens (including phenoxy) is 2. The third-order valence-corrected chi connectivity index (χ3v) is 8.81. The van der Waals surface area contributed by atoms with Gasteiger partial charge in [0.1, 0.15) is 11.5 Å². The summed E-state index contributed by atoms with van der Waals surface area (Å²) in [5.74, 6) is 1.54. The van der Waals surface area contributed by atoms with Crippen molar-refractivity contribution < 1.29 is 22.7 Å². The number of piperidine rings is 1. The van der Waals surface area contributed by atoms with Crippen molar-refractivity contribution in [3.05, 3.63) is 48.0 Å². The number of aryl methyl sites for hydroxylation is 1. The van der Waals surface area contributed by atoms with Crippen LogP contribution in [-0.4, -0.2) is 76.5 Å². The molecule has 1 amide bonds. The lowest BCUT2D eigenvalue weighted by Crippen LogP contribution is -2.52. The molecule has 0 aliphatic carbocycles. The van der Waals surface area contributed by atoms with E-state index < -0.39 is 10.0 Å². The Bertz CT molecular complexity index is 1120. The number of benzene rings is 2. The lowest BCUT2D eigenvalue weighted by atomic mass is 9.96. The number of amides is 1. The topological polar surface area (TPSA) is 79.4 Å². The van der Waals surface area contributed by atoms with Gasteiger partial charge < -0.3 is 19.3 Å². The van der Waals surface area contributed by atoms with Crippen molar-refractivity contribution >= 4 is 21.6 Å². The van der Waals surface area contributed by atoms with Crippen LogP contribution in [0.3, 0.4) is 0 Å². The van der Waals surface area contributed by atoms with Crippen molar-refractivity contribution in [2.45, 2.75) is 31.6 Å². The SMILES string of the molecule is CCOc1ccc(S(=O)(=O)N2CCC(C(=O)N3CCN(c4ccc(OC)cc4)CC3)CC2)cc1C. The molecular formula is C26H35N3O5S. The summed E-state index contributed by atoms with van der Waals surface area (Å²) < 4.78 is 38.6. The molecule has 0 bridgehead atoms. The average Bonchev–Trinajstić information content (AvgIpc) is 2.89. The van der Waals surface area contributed by atoms with Crippen molar-refractivity contribution in [2.24, 2.45) is 5.92 Å². The highest BCUT2D eigenvalue weighted by atomic mass is 32.2. The minimum Gasteiger partial charge on any atom is -0.497 e. The van der Waals surface area contributed by atoms with Crippen LogP contribution < -0.4 is 14.4 Å². The Kier molecular flexibility index (Phi) is 7.86. The smallest absolute Gasteiger partial charge is 0.243 e. The van der Waals surface area contributed by atoms with Gasteiger partial charge in [0.15, 0.2) is 0 Å². The van der Waals surface area contributed by atoms with Crippen molar-refractivity contribution in [3.8, 4) is 11.5 Å². The molecule has 0 aromatic heterocycles. The second-order valence-corrected chi connectivity index (χ2v) is 11.0. The van der Waals surface area contributed by atoms with Crippen molar-refractivity contribution in [1.29, 1.82) is 0 Å². The molecule has 2 aliphatic rings. The van der Waals surface area contributed by atoms with E-state index in [0.717, 1.165) is 30.1 Å². The van der Waals surface area contributed by atoms with Crippen molar-refractivity contribution in [3.63, 3.8) is 0 Å². The number of methoxy groups -OCH3 is 1. The number of nitrogens with zero attached hydrogens (tertiary/aromatic N) is 3. The van der Waals surface area contributed by atoms with Crippen LogP contribution in [0.15, 0.2) is 47.4 Å². The Labute approximate surface area is 208 Å². The normalized spacial score (nSPS) is 17.9. The second-order valence-electron chi connectivity index (χ2n) is 9.05. The lowest BCUT2D eigenvalue weighted by Gasteiger charge is -2.39. The van der Waals surface area contributed by atoms with Crippen LogP contribution in [0.4, 0.5) is 5.69 Å². The molecule has 0 radical (unpaired) electrons. The van der Waals surface area contributed by atoms with Crippen LogP contribution in [0.5, 0.6) is 11.5 Å². The fourth-order valence-electron chi connectivity index (χ4n) is 4.83. The largest absolute Gasteiger partial charge is 0.497 e. The third-order valence-electron chi connectivity index (χ3n) is 6.92. The van der Waals surface area contributed by atoms with E-state index >= 15 is 0 Å². The number of carbonyl (C=O) groups is 1. The fraction of sp³-hybridized carbons (Fsp3) is 0.500. The molecule has 0 spiro atoms. The first-order valence-electron chi connectivity index (χ1n) is 12.2. The maximum absolute atomic E-state index is 13.2. The summed E-state index contributed by atoms with van der Waals surface area (Å²) in [6, 6.07) is 13.0. The van der Waals surface area contributed by atoms with Crippen molar-refractivity contribution in [2.75, 3.05) is 57.9 Å². The third kappa shape index (κ3) is 5.56. The van der Waals surface area contributed by atoms with Gasteiger partial charge in [-0.3, -0.25) is 4.79 Å². The number of rotatable bonds is 7. The molecule has 0 saturated carbocycles. The van der Waals surface area contributed by atoms with Gasteiger partial charge in [0, 0.05) is 50.9 Å². The number of piperazine rings is 1. The van der Waals surface area contributed by atoms with E-state index in [1.54, 1.807) is 25.3 Å². The van der Waals surface area contributed by atoms with E-state index in [-0.39, 0.29) is 16.7 Å². The van der Waals surface area contributed by atoms with Gasteiger partial charge in [0.05, 0.1) is 18.6 Å². The molecule has 0 unspecified atom stereocenters.